The summed E-state index contributed by atoms with van der Waals surface area (Å²) in [5.41, 5.74) is -1.14. The normalized spacial score (nSPS) is 24.2. The summed E-state index contributed by atoms with van der Waals surface area (Å²) in [6.07, 6.45) is 2.06. The lowest BCUT2D eigenvalue weighted by Crippen LogP contribution is -2.61. The number of rotatable bonds is 5. The Morgan fingerprint density at radius 2 is 1.82 bits per heavy atom. The van der Waals surface area contributed by atoms with Crippen molar-refractivity contribution in [2.45, 2.75) is 44.2 Å². The lowest BCUT2D eigenvalue weighted by molar-refractivity contribution is -0.128. The van der Waals surface area contributed by atoms with Crippen molar-refractivity contribution in [3.8, 4) is 0 Å². The Labute approximate surface area is 133 Å². The molecule has 0 spiro atoms. The Balaban J connectivity index is 1.99. The van der Waals surface area contributed by atoms with Gasteiger partial charge < -0.3 is 20.1 Å². The molecule has 6 heteroatoms. The lowest BCUT2D eigenvalue weighted by Gasteiger charge is -2.45. The molecule has 0 aromatic rings. The van der Waals surface area contributed by atoms with E-state index in [1.54, 1.807) is 13.8 Å². The number of aliphatic hydroxyl groups is 1. The van der Waals surface area contributed by atoms with Gasteiger partial charge in [0.05, 0.1) is 30.8 Å². The van der Waals surface area contributed by atoms with E-state index in [1.807, 2.05) is 0 Å². The van der Waals surface area contributed by atoms with Gasteiger partial charge in [-0.05, 0) is 33.7 Å². The van der Waals surface area contributed by atoms with E-state index >= 15 is 0 Å². The van der Waals surface area contributed by atoms with Crippen molar-refractivity contribution in [3.63, 3.8) is 0 Å². The van der Waals surface area contributed by atoms with Crippen molar-refractivity contribution in [1.29, 1.82) is 0 Å². The van der Waals surface area contributed by atoms with Crippen LogP contribution in [0.5, 0.6) is 0 Å². The van der Waals surface area contributed by atoms with E-state index in [-0.39, 0.29) is 17.9 Å². The van der Waals surface area contributed by atoms with Gasteiger partial charge in [-0.2, -0.15) is 0 Å². The van der Waals surface area contributed by atoms with E-state index in [2.05, 4.69) is 22.2 Å². The van der Waals surface area contributed by atoms with Crippen LogP contribution in [0.1, 0.15) is 33.1 Å². The van der Waals surface area contributed by atoms with E-state index < -0.39 is 5.60 Å². The first-order chi connectivity index (χ1) is 10.3. The molecule has 6 nitrogen and oxygen atoms in total. The summed E-state index contributed by atoms with van der Waals surface area (Å²) in [5, 5.41) is 13.1. The number of likely N-dealkylation sites (tertiary alicyclic amines) is 1. The van der Waals surface area contributed by atoms with Gasteiger partial charge in [-0.1, -0.05) is 0 Å². The summed E-state index contributed by atoms with van der Waals surface area (Å²) in [7, 11) is 2.12. The van der Waals surface area contributed by atoms with Crippen molar-refractivity contribution in [2.75, 3.05) is 53.0 Å². The van der Waals surface area contributed by atoms with Crippen molar-refractivity contribution in [3.05, 3.63) is 0 Å². The highest BCUT2D eigenvalue weighted by Gasteiger charge is 2.37. The number of piperidine rings is 1. The van der Waals surface area contributed by atoms with Crippen LogP contribution in [0.15, 0.2) is 0 Å². The average Bonchev–Trinajstić information content (AvgIpc) is 2.41. The number of ether oxygens (including phenoxy) is 1. The zero-order chi connectivity index (χ0) is 16.2. The smallest absolute Gasteiger partial charge is 0.223 e. The average molecular weight is 313 g/mol. The highest BCUT2D eigenvalue weighted by molar-refractivity contribution is 5.77. The molecule has 0 unspecified atom stereocenters. The summed E-state index contributed by atoms with van der Waals surface area (Å²) in [6.45, 7) is 9.62. The van der Waals surface area contributed by atoms with Crippen LogP contribution < -0.4 is 5.32 Å². The van der Waals surface area contributed by atoms with Gasteiger partial charge in [0.2, 0.25) is 5.91 Å². The second-order valence-electron chi connectivity index (χ2n) is 7.51. The van der Waals surface area contributed by atoms with E-state index in [9.17, 15) is 9.90 Å². The third kappa shape index (κ3) is 5.50. The van der Waals surface area contributed by atoms with E-state index in [0.717, 1.165) is 58.8 Å². The number of hydrogen-bond acceptors (Lipinski definition) is 5. The molecule has 0 aliphatic carbocycles. The van der Waals surface area contributed by atoms with Crippen LogP contribution in [0.3, 0.4) is 0 Å². The number of nitrogens with one attached hydrogen (secondary N) is 1. The van der Waals surface area contributed by atoms with Crippen LogP contribution in [0.2, 0.25) is 0 Å². The van der Waals surface area contributed by atoms with Gasteiger partial charge in [0.15, 0.2) is 0 Å². The summed E-state index contributed by atoms with van der Waals surface area (Å²) >= 11 is 0. The lowest BCUT2D eigenvalue weighted by atomic mass is 9.86. The maximum atomic E-state index is 12.3. The molecule has 2 fully saturated rings. The minimum Gasteiger partial charge on any atom is -0.390 e. The largest absolute Gasteiger partial charge is 0.390 e. The molecule has 2 saturated heterocycles. The Morgan fingerprint density at radius 3 is 2.36 bits per heavy atom. The molecular weight excluding hydrogens is 282 g/mol. The van der Waals surface area contributed by atoms with Crippen molar-refractivity contribution < 1.29 is 14.6 Å². The zero-order valence-electron chi connectivity index (χ0n) is 14.2. The maximum absolute atomic E-state index is 12.3. The van der Waals surface area contributed by atoms with E-state index in [0.29, 0.717) is 0 Å². The zero-order valence-corrected chi connectivity index (χ0v) is 14.2. The highest BCUT2D eigenvalue weighted by Crippen LogP contribution is 2.24. The first kappa shape index (κ1) is 17.7. The van der Waals surface area contributed by atoms with Gasteiger partial charge in [-0.3, -0.25) is 9.69 Å². The minimum atomic E-state index is -0.963. The first-order valence-electron chi connectivity index (χ1n) is 8.30. The molecule has 0 aromatic heterocycles. The second-order valence-corrected chi connectivity index (χ2v) is 7.51. The Bertz CT molecular complexity index is 367. The fourth-order valence-corrected chi connectivity index (χ4v) is 3.29. The molecule has 0 atom stereocenters. The molecule has 22 heavy (non-hydrogen) atoms. The molecule has 0 saturated carbocycles. The number of hydrogen-bond donors (Lipinski definition) is 2. The predicted molar refractivity (Wildman–Crippen MR) is 85.8 cm³/mol. The molecule has 2 aliphatic rings. The molecule has 2 N–H and O–H groups in total. The van der Waals surface area contributed by atoms with Crippen molar-refractivity contribution in [1.82, 2.24) is 15.1 Å². The summed E-state index contributed by atoms with van der Waals surface area (Å²) in [4.78, 5) is 17.0. The molecular formula is C16H31N3O3. The molecule has 0 aromatic carbocycles. The number of morpholine rings is 1. The van der Waals surface area contributed by atoms with E-state index in [1.165, 1.54) is 0 Å². The van der Waals surface area contributed by atoms with Crippen LogP contribution in [0.4, 0.5) is 0 Å². The fourth-order valence-electron chi connectivity index (χ4n) is 3.29. The Hall–Kier alpha value is -0.690. The molecule has 2 heterocycles. The number of amides is 1. The fraction of sp³-hybridized carbons (Fsp3) is 0.938. The molecule has 1 amide bonds. The van der Waals surface area contributed by atoms with Crippen molar-refractivity contribution in [2.24, 2.45) is 0 Å². The third-order valence-corrected chi connectivity index (χ3v) is 4.57. The number of carbonyl (C=O) groups is 1. The highest BCUT2D eigenvalue weighted by atomic mass is 16.5. The van der Waals surface area contributed by atoms with Gasteiger partial charge in [-0.25, -0.2) is 0 Å². The van der Waals surface area contributed by atoms with Gasteiger partial charge >= 0.3 is 0 Å². The van der Waals surface area contributed by atoms with Gasteiger partial charge in [0, 0.05) is 32.7 Å². The van der Waals surface area contributed by atoms with Crippen LogP contribution >= 0.6 is 0 Å². The summed E-state index contributed by atoms with van der Waals surface area (Å²) in [6, 6.07) is 0. The van der Waals surface area contributed by atoms with Crippen LogP contribution in [0.25, 0.3) is 0 Å². The standard InChI is InChI=1S/C16H31N3O3/c1-15(2,21)12-14(20)17-16(4-6-18(3)7-5-16)13-19-8-10-22-11-9-19/h21H,4-13H2,1-3H3,(H,17,20). The molecule has 2 aliphatic heterocycles. The molecule has 0 bridgehead atoms. The van der Waals surface area contributed by atoms with Crippen LogP contribution in [-0.4, -0.2) is 84.9 Å². The van der Waals surface area contributed by atoms with Crippen molar-refractivity contribution >= 4 is 5.91 Å². The quantitative estimate of drug-likeness (QED) is 0.751. The number of carbonyl (C=O) groups excluding carboxylic acids is 1. The summed E-state index contributed by atoms with van der Waals surface area (Å²) < 4.78 is 5.42. The van der Waals surface area contributed by atoms with Gasteiger partial charge in [-0.15, -0.1) is 0 Å². The maximum Gasteiger partial charge on any atom is 0.223 e. The summed E-state index contributed by atoms with van der Waals surface area (Å²) in [5.74, 6) is -0.0506. The van der Waals surface area contributed by atoms with Gasteiger partial charge in [0.25, 0.3) is 0 Å². The van der Waals surface area contributed by atoms with Crippen LogP contribution in [-0.2, 0) is 9.53 Å². The van der Waals surface area contributed by atoms with Crippen LogP contribution in [0, 0.1) is 0 Å². The molecule has 128 valence electrons. The Morgan fingerprint density at radius 1 is 1.23 bits per heavy atom. The monoisotopic (exact) mass is 313 g/mol. The van der Waals surface area contributed by atoms with Gasteiger partial charge in [0.1, 0.15) is 0 Å². The molecule has 0 radical (unpaired) electrons. The topological polar surface area (TPSA) is 65.0 Å². The first-order valence-corrected chi connectivity index (χ1v) is 8.30. The third-order valence-electron chi connectivity index (χ3n) is 4.57. The SMILES string of the molecule is CN1CCC(CN2CCOCC2)(NC(=O)CC(C)(C)O)CC1. The number of nitrogens with zero attached hydrogens (tertiary/aromatic N) is 2. The van der Waals surface area contributed by atoms with E-state index in [4.69, 9.17) is 4.74 Å². The predicted octanol–water partition coefficient (Wildman–Crippen LogP) is 0.0602. The minimum absolute atomic E-state index is 0.0506. The second kappa shape index (κ2) is 7.25. The molecule has 2 rings (SSSR count). The Kier molecular flexibility index (Phi) is 5.82.